The van der Waals surface area contributed by atoms with Crippen LogP contribution in [-0.4, -0.2) is 14.1 Å². The molecule has 0 heterocycles. The zero-order valence-electron chi connectivity index (χ0n) is 11.0. The van der Waals surface area contributed by atoms with Gasteiger partial charge in [-0.15, -0.1) is 0 Å². The lowest BCUT2D eigenvalue weighted by Crippen LogP contribution is -2.20. The SMILES string of the molecule is C/C(=N\NS(=O)(=O)c1ccc(Br)cc1)c1ccccc1Cl. The highest BCUT2D eigenvalue weighted by Gasteiger charge is 2.13. The molecule has 0 saturated heterocycles. The van der Waals surface area contributed by atoms with Crippen molar-refractivity contribution in [1.82, 2.24) is 4.83 Å². The number of hydrazone groups is 1. The summed E-state index contributed by atoms with van der Waals surface area (Å²) in [6.07, 6.45) is 0. The van der Waals surface area contributed by atoms with Gasteiger partial charge in [0.05, 0.1) is 10.6 Å². The van der Waals surface area contributed by atoms with Crippen molar-refractivity contribution in [1.29, 1.82) is 0 Å². The van der Waals surface area contributed by atoms with E-state index in [1.807, 2.05) is 6.07 Å². The average molecular weight is 388 g/mol. The van der Waals surface area contributed by atoms with Gasteiger partial charge in [0.25, 0.3) is 10.0 Å². The van der Waals surface area contributed by atoms with E-state index in [1.54, 1.807) is 37.3 Å². The third-order valence-electron chi connectivity index (χ3n) is 2.72. The topological polar surface area (TPSA) is 58.5 Å². The largest absolute Gasteiger partial charge is 0.276 e. The summed E-state index contributed by atoms with van der Waals surface area (Å²) in [5, 5.41) is 4.42. The first-order valence-corrected chi connectivity index (χ1v) is 8.62. The van der Waals surface area contributed by atoms with Crippen molar-refractivity contribution in [3.8, 4) is 0 Å². The normalized spacial score (nSPS) is 12.2. The monoisotopic (exact) mass is 386 g/mol. The number of nitrogens with zero attached hydrogens (tertiary/aromatic N) is 1. The maximum Gasteiger partial charge on any atom is 0.276 e. The van der Waals surface area contributed by atoms with Crippen molar-refractivity contribution < 1.29 is 8.42 Å². The maximum atomic E-state index is 12.1. The van der Waals surface area contributed by atoms with E-state index in [4.69, 9.17) is 11.6 Å². The minimum Gasteiger partial charge on any atom is -0.200 e. The van der Waals surface area contributed by atoms with E-state index >= 15 is 0 Å². The Bertz CT molecular complexity index is 774. The summed E-state index contributed by atoms with van der Waals surface area (Å²) in [7, 11) is -3.69. The molecule has 0 atom stereocenters. The molecule has 21 heavy (non-hydrogen) atoms. The molecule has 0 aliphatic carbocycles. The summed E-state index contributed by atoms with van der Waals surface area (Å²) in [6.45, 7) is 1.69. The Kier molecular flexibility index (Phi) is 5.03. The van der Waals surface area contributed by atoms with Crippen LogP contribution in [0.4, 0.5) is 0 Å². The summed E-state index contributed by atoms with van der Waals surface area (Å²) in [6, 6.07) is 13.4. The van der Waals surface area contributed by atoms with Crippen LogP contribution >= 0.6 is 27.5 Å². The van der Waals surface area contributed by atoms with Crippen LogP contribution in [0.15, 0.2) is 63.0 Å². The van der Waals surface area contributed by atoms with Gasteiger partial charge in [-0.05, 0) is 37.3 Å². The molecule has 0 aliphatic rings. The fraction of sp³-hybridized carbons (Fsp3) is 0.0714. The second-order valence-corrected chi connectivity index (χ2v) is 7.21. The summed E-state index contributed by atoms with van der Waals surface area (Å²) in [5.41, 5.74) is 1.17. The maximum absolute atomic E-state index is 12.1. The summed E-state index contributed by atoms with van der Waals surface area (Å²) in [4.78, 5) is 2.35. The molecule has 1 N–H and O–H groups in total. The minimum atomic E-state index is -3.69. The van der Waals surface area contributed by atoms with Crippen molar-refractivity contribution in [3.63, 3.8) is 0 Å². The summed E-state index contributed by atoms with van der Waals surface area (Å²) >= 11 is 9.30. The smallest absolute Gasteiger partial charge is 0.200 e. The first-order chi connectivity index (χ1) is 9.90. The van der Waals surface area contributed by atoms with Crippen LogP contribution in [0.25, 0.3) is 0 Å². The number of hydrogen-bond acceptors (Lipinski definition) is 3. The number of hydrogen-bond donors (Lipinski definition) is 1. The average Bonchev–Trinajstić information content (AvgIpc) is 2.46. The van der Waals surface area contributed by atoms with E-state index in [0.29, 0.717) is 16.3 Å². The van der Waals surface area contributed by atoms with Gasteiger partial charge in [0.1, 0.15) is 0 Å². The van der Waals surface area contributed by atoms with E-state index in [9.17, 15) is 8.42 Å². The van der Waals surface area contributed by atoms with Gasteiger partial charge in [-0.25, -0.2) is 0 Å². The van der Waals surface area contributed by atoms with E-state index in [-0.39, 0.29) is 4.90 Å². The lowest BCUT2D eigenvalue weighted by Gasteiger charge is -2.06. The van der Waals surface area contributed by atoms with Crippen LogP contribution in [0, 0.1) is 0 Å². The molecule has 4 nitrogen and oxygen atoms in total. The molecular weight excluding hydrogens is 376 g/mol. The first kappa shape index (κ1) is 16.0. The predicted octanol–water partition coefficient (Wildman–Crippen LogP) is 3.81. The molecule has 0 aliphatic heterocycles. The molecule has 2 aromatic rings. The highest BCUT2D eigenvalue weighted by Crippen LogP contribution is 2.17. The molecule has 2 aromatic carbocycles. The van der Waals surface area contributed by atoms with E-state index in [1.165, 1.54) is 12.1 Å². The lowest BCUT2D eigenvalue weighted by atomic mass is 10.1. The predicted molar refractivity (Wildman–Crippen MR) is 88.1 cm³/mol. The Balaban J connectivity index is 2.23. The number of benzene rings is 2. The molecule has 0 aromatic heterocycles. The van der Waals surface area contributed by atoms with E-state index < -0.39 is 10.0 Å². The molecule has 7 heteroatoms. The van der Waals surface area contributed by atoms with Crippen molar-refractivity contribution >= 4 is 43.3 Å². The number of rotatable bonds is 4. The van der Waals surface area contributed by atoms with Crippen LogP contribution in [-0.2, 0) is 10.0 Å². The van der Waals surface area contributed by atoms with Gasteiger partial charge in [0.15, 0.2) is 0 Å². The zero-order chi connectivity index (χ0) is 15.5. The van der Waals surface area contributed by atoms with Gasteiger partial charge in [-0.2, -0.15) is 18.4 Å². The van der Waals surface area contributed by atoms with Crippen LogP contribution in [0.2, 0.25) is 5.02 Å². The number of halogens is 2. The lowest BCUT2D eigenvalue weighted by molar-refractivity contribution is 0.584. The highest BCUT2D eigenvalue weighted by atomic mass is 79.9. The number of sulfonamides is 1. The Hall–Kier alpha value is -1.37. The minimum absolute atomic E-state index is 0.140. The van der Waals surface area contributed by atoms with Crippen LogP contribution in [0.1, 0.15) is 12.5 Å². The summed E-state index contributed by atoms with van der Waals surface area (Å²) in [5.74, 6) is 0. The van der Waals surface area contributed by atoms with Crippen LogP contribution in [0.3, 0.4) is 0 Å². The fourth-order valence-corrected chi connectivity index (χ4v) is 3.00. The molecule has 0 amide bonds. The van der Waals surface area contributed by atoms with Crippen LogP contribution < -0.4 is 4.83 Å². The zero-order valence-corrected chi connectivity index (χ0v) is 14.2. The molecule has 0 fully saturated rings. The Morgan fingerprint density at radius 1 is 1.14 bits per heavy atom. The molecule has 2 rings (SSSR count). The second kappa shape index (κ2) is 6.60. The van der Waals surface area contributed by atoms with Crippen molar-refractivity contribution in [2.45, 2.75) is 11.8 Å². The second-order valence-electron chi connectivity index (χ2n) is 4.23. The quantitative estimate of drug-likeness (QED) is 0.640. The fourth-order valence-electron chi connectivity index (χ4n) is 1.61. The Labute approximate surface area is 137 Å². The molecule has 0 saturated carbocycles. The van der Waals surface area contributed by atoms with Crippen molar-refractivity contribution in [2.75, 3.05) is 0 Å². The first-order valence-electron chi connectivity index (χ1n) is 5.97. The molecule has 0 radical (unpaired) electrons. The molecule has 0 bridgehead atoms. The highest BCUT2D eigenvalue weighted by molar-refractivity contribution is 9.10. The Morgan fingerprint density at radius 2 is 1.76 bits per heavy atom. The van der Waals surface area contributed by atoms with Crippen LogP contribution in [0.5, 0.6) is 0 Å². The van der Waals surface area contributed by atoms with Gasteiger partial charge >= 0.3 is 0 Å². The van der Waals surface area contributed by atoms with Gasteiger partial charge in [-0.1, -0.05) is 45.7 Å². The van der Waals surface area contributed by atoms with Crippen molar-refractivity contribution in [3.05, 3.63) is 63.6 Å². The van der Waals surface area contributed by atoms with Gasteiger partial charge in [0.2, 0.25) is 0 Å². The van der Waals surface area contributed by atoms with Crippen molar-refractivity contribution in [2.24, 2.45) is 5.10 Å². The van der Waals surface area contributed by atoms with E-state index in [0.717, 1.165) is 4.47 Å². The molecular formula is C14H12BrClN2O2S. The van der Waals surface area contributed by atoms with Gasteiger partial charge < -0.3 is 0 Å². The molecule has 110 valence electrons. The van der Waals surface area contributed by atoms with Gasteiger partial charge in [-0.3, -0.25) is 0 Å². The summed E-state index contributed by atoms with van der Waals surface area (Å²) < 4.78 is 25.0. The van der Waals surface area contributed by atoms with E-state index in [2.05, 4.69) is 25.9 Å². The number of nitrogens with one attached hydrogen (secondary N) is 1. The molecule has 0 unspecified atom stereocenters. The molecule has 0 spiro atoms. The standard InChI is InChI=1S/C14H12BrClN2O2S/c1-10(13-4-2-3-5-14(13)16)17-18-21(19,20)12-8-6-11(15)7-9-12/h2-9,18H,1H3/b17-10+. The Morgan fingerprint density at radius 3 is 2.38 bits per heavy atom. The third-order valence-corrected chi connectivity index (χ3v) is 4.80. The van der Waals surface area contributed by atoms with Gasteiger partial charge in [0, 0.05) is 15.1 Å². The third kappa shape index (κ3) is 4.06.